The van der Waals surface area contributed by atoms with Crippen LogP contribution in [0.2, 0.25) is 0 Å². The highest BCUT2D eigenvalue weighted by molar-refractivity contribution is 5.96. The number of fused-ring (bicyclic) bond motifs is 1. The molecular formula is C13H14N2O4. The van der Waals surface area contributed by atoms with Gasteiger partial charge in [0.2, 0.25) is 12.7 Å². The van der Waals surface area contributed by atoms with Crippen LogP contribution in [-0.2, 0) is 4.79 Å². The summed E-state index contributed by atoms with van der Waals surface area (Å²) in [4.78, 5) is 23.4. The first-order chi connectivity index (χ1) is 9.15. The minimum Gasteiger partial charge on any atom is -0.454 e. The summed E-state index contributed by atoms with van der Waals surface area (Å²) in [5, 5.41) is 0. The maximum atomic E-state index is 11.9. The topological polar surface area (TPSA) is 76.7 Å². The van der Waals surface area contributed by atoms with E-state index in [0.717, 1.165) is 6.42 Å². The van der Waals surface area contributed by atoms with Crippen molar-refractivity contribution >= 4 is 11.8 Å². The summed E-state index contributed by atoms with van der Waals surface area (Å²) in [7, 11) is 0. The molecule has 19 heavy (non-hydrogen) atoms. The van der Waals surface area contributed by atoms with E-state index in [1.165, 1.54) is 0 Å². The summed E-state index contributed by atoms with van der Waals surface area (Å²) in [5.41, 5.74) is 5.24. The lowest BCUT2D eigenvalue weighted by Gasteiger charge is -2.07. The van der Waals surface area contributed by atoms with Gasteiger partial charge in [0, 0.05) is 11.5 Å². The Labute approximate surface area is 110 Å². The number of hydrogen-bond donors (Lipinski definition) is 2. The van der Waals surface area contributed by atoms with Crippen molar-refractivity contribution in [3.63, 3.8) is 0 Å². The van der Waals surface area contributed by atoms with Gasteiger partial charge >= 0.3 is 0 Å². The molecule has 0 spiro atoms. The quantitative estimate of drug-likeness (QED) is 0.774. The van der Waals surface area contributed by atoms with Gasteiger partial charge in [0.05, 0.1) is 0 Å². The zero-order valence-electron chi connectivity index (χ0n) is 10.4. The van der Waals surface area contributed by atoms with Crippen LogP contribution in [0.15, 0.2) is 18.2 Å². The highest BCUT2D eigenvalue weighted by Crippen LogP contribution is 2.37. The van der Waals surface area contributed by atoms with E-state index in [2.05, 4.69) is 10.9 Å². The van der Waals surface area contributed by atoms with Gasteiger partial charge in [0.1, 0.15) is 0 Å². The molecule has 1 saturated carbocycles. The molecule has 2 amide bonds. The van der Waals surface area contributed by atoms with Gasteiger partial charge in [-0.1, -0.05) is 6.92 Å². The first-order valence-corrected chi connectivity index (χ1v) is 6.15. The second kappa shape index (κ2) is 4.46. The smallest absolute Gasteiger partial charge is 0.269 e. The Morgan fingerprint density at radius 3 is 2.68 bits per heavy atom. The minimum atomic E-state index is -0.375. The van der Waals surface area contributed by atoms with E-state index in [1.54, 1.807) is 18.2 Å². The van der Waals surface area contributed by atoms with E-state index in [4.69, 9.17) is 9.47 Å². The van der Waals surface area contributed by atoms with E-state index < -0.39 is 0 Å². The van der Waals surface area contributed by atoms with Crippen molar-refractivity contribution in [2.45, 2.75) is 13.3 Å². The number of rotatable bonds is 2. The molecule has 2 aliphatic rings. The van der Waals surface area contributed by atoms with E-state index in [1.807, 2.05) is 6.92 Å². The molecule has 1 aromatic rings. The summed E-state index contributed by atoms with van der Waals surface area (Å²) in [6, 6.07) is 4.88. The first kappa shape index (κ1) is 11.8. The van der Waals surface area contributed by atoms with E-state index in [9.17, 15) is 9.59 Å². The zero-order chi connectivity index (χ0) is 13.4. The predicted octanol–water partition coefficient (Wildman–Crippen LogP) is 0.832. The molecule has 1 heterocycles. The molecule has 6 nitrogen and oxygen atoms in total. The Bertz CT molecular complexity index is 543. The third-order valence-corrected chi connectivity index (χ3v) is 3.38. The number of carbonyl (C=O) groups is 2. The Kier molecular flexibility index (Phi) is 2.77. The molecule has 0 bridgehead atoms. The van der Waals surface area contributed by atoms with Crippen molar-refractivity contribution in [3.8, 4) is 11.5 Å². The van der Waals surface area contributed by atoms with Crippen LogP contribution in [0.5, 0.6) is 11.5 Å². The fourth-order valence-electron chi connectivity index (χ4n) is 2.01. The van der Waals surface area contributed by atoms with Crippen molar-refractivity contribution in [2.75, 3.05) is 6.79 Å². The average Bonchev–Trinajstić information content (AvgIpc) is 2.97. The van der Waals surface area contributed by atoms with Crippen LogP contribution in [0.1, 0.15) is 23.7 Å². The maximum Gasteiger partial charge on any atom is 0.269 e. The third kappa shape index (κ3) is 2.33. The zero-order valence-corrected chi connectivity index (χ0v) is 10.4. The van der Waals surface area contributed by atoms with Crippen molar-refractivity contribution in [3.05, 3.63) is 23.8 Å². The SMILES string of the molecule is C[C@@H]1C[C@H]1C(=O)NNC(=O)c1ccc2c(c1)OCO2. The van der Waals surface area contributed by atoms with Crippen LogP contribution in [0.3, 0.4) is 0 Å². The lowest BCUT2D eigenvalue weighted by Crippen LogP contribution is -2.42. The fraction of sp³-hybridized carbons (Fsp3) is 0.385. The number of hydrazine groups is 1. The van der Waals surface area contributed by atoms with Crippen LogP contribution in [0, 0.1) is 11.8 Å². The van der Waals surface area contributed by atoms with Crippen LogP contribution in [0.4, 0.5) is 0 Å². The number of hydrogen-bond acceptors (Lipinski definition) is 4. The molecule has 0 saturated heterocycles. The van der Waals surface area contributed by atoms with Gasteiger partial charge in [-0.3, -0.25) is 20.4 Å². The van der Waals surface area contributed by atoms with Gasteiger partial charge in [-0.05, 0) is 30.5 Å². The van der Waals surface area contributed by atoms with Crippen LogP contribution in [0.25, 0.3) is 0 Å². The summed E-state index contributed by atoms with van der Waals surface area (Å²) in [5.74, 6) is 1.07. The second-order valence-corrected chi connectivity index (χ2v) is 4.83. The Morgan fingerprint density at radius 2 is 1.95 bits per heavy atom. The molecule has 2 atom stereocenters. The molecule has 1 aliphatic heterocycles. The third-order valence-electron chi connectivity index (χ3n) is 3.38. The van der Waals surface area contributed by atoms with Crippen molar-refractivity contribution in [1.29, 1.82) is 0 Å². The van der Waals surface area contributed by atoms with Crippen LogP contribution >= 0.6 is 0 Å². The van der Waals surface area contributed by atoms with Crippen molar-refractivity contribution in [2.24, 2.45) is 11.8 Å². The minimum absolute atomic E-state index is 0.0250. The van der Waals surface area contributed by atoms with Gasteiger partial charge in [-0.25, -0.2) is 0 Å². The number of ether oxygens (including phenoxy) is 2. The Hall–Kier alpha value is -2.24. The lowest BCUT2D eigenvalue weighted by molar-refractivity contribution is -0.123. The lowest BCUT2D eigenvalue weighted by atomic mass is 10.2. The van der Waals surface area contributed by atoms with Crippen LogP contribution < -0.4 is 20.3 Å². The van der Waals surface area contributed by atoms with Gasteiger partial charge in [-0.2, -0.15) is 0 Å². The Morgan fingerprint density at radius 1 is 1.21 bits per heavy atom. The highest BCUT2D eigenvalue weighted by atomic mass is 16.7. The van der Waals surface area contributed by atoms with Gasteiger partial charge in [0.25, 0.3) is 5.91 Å². The molecule has 0 radical (unpaired) electrons. The van der Waals surface area contributed by atoms with Gasteiger partial charge in [-0.15, -0.1) is 0 Å². The first-order valence-electron chi connectivity index (χ1n) is 6.15. The maximum absolute atomic E-state index is 11.9. The van der Waals surface area contributed by atoms with Crippen LogP contribution in [-0.4, -0.2) is 18.6 Å². The summed E-state index contributed by atoms with van der Waals surface area (Å²) in [6.45, 7) is 2.17. The summed E-state index contributed by atoms with van der Waals surface area (Å²) < 4.78 is 10.3. The largest absolute Gasteiger partial charge is 0.454 e. The number of nitrogens with one attached hydrogen (secondary N) is 2. The number of carbonyl (C=O) groups excluding carboxylic acids is 2. The molecule has 6 heteroatoms. The number of benzene rings is 1. The van der Waals surface area contributed by atoms with Crippen molar-refractivity contribution in [1.82, 2.24) is 10.9 Å². The number of amides is 2. The molecule has 3 rings (SSSR count). The molecule has 0 unspecified atom stereocenters. The average molecular weight is 262 g/mol. The molecule has 100 valence electrons. The highest BCUT2D eigenvalue weighted by Gasteiger charge is 2.39. The monoisotopic (exact) mass is 262 g/mol. The molecule has 1 aromatic carbocycles. The summed E-state index contributed by atoms with van der Waals surface area (Å²) >= 11 is 0. The standard InChI is InChI=1S/C13H14N2O4/c1-7-4-9(7)13(17)15-14-12(16)8-2-3-10-11(5-8)19-6-18-10/h2-3,5,7,9H,4,6H2,1H3,(H,14,16)(H,15,17)/t7-,9-/m1/s1. The molecule has 1 aliphatic carbocycles. The van der Waals surface area contributed by atoms with E-state index in [0.29, 0.717) is 23.0 Å². The molecule has 1 fully saturated rings. The Balaban J connectivity index is 1.59. The van der Waals surface area contributed by atoms with E-state index in [-0.39, 0.29) is 24.5 Å². The normalized spacial score (nSPS) is 22.8. The van der Waals surface area contributed by atoms with Gasteiger partial charge in [0.15, 0.2) is 11.5 Å². The predicted molar refractivity (Wildman–Crippen MR) is 65.4 cm³/mol. The molecule has 0 aromatic heterocycles. The van der Waals surface area contributed by atoms with Crippen molar-refractivity contribution < 1.29 is 19.1 Å². The summed E-state index contributed by atoms with van der Waals surface area (Å²) in [6.07, 6.45) is 0.881. The molecule has 2 N–H and O–H groups in total. The molecular weight excluding hydrogens is 248 g/mol. The van der Waals surface area contributed by atoms with Gasteiger partial charge < -0.3 is 9.47 Å². The second-order valence-electron chi connectivity index (χ2n) is 4.83. The van der Waals surface area contributed by atoms with E-state index >= 15 is 0 Å². The fourth-order valence-corrected chi connectivity index (χ4v) is 2.01.